The number of anilines is 1. The van der Waals surface area contributed by atoms with Gasteiger partial charge in [0, 0.05) is 25.2 Å². The highest BCUT2D eigenvalue weighted by Crippen LogP contribution is 2.40. The Labute approximate surface area is 151 Å². The zero-order valence-corrected chi connectivity index (χ0v) is 14.4. The lowest BCUT2D eigenvalue weighted by molar-refractivity contribution is -0.119. The van der Waals surface area contributed by atoms with E-state index in [0.29, 0.717) is 19.5 Å². The van der Waals surface area contributed by atoms with Crippen molar-refractivity contribution < 1.29 is 14.3 Å². The Morgan fingerprint density at radius 3 is 2.85 bits per heavy atom. The molecule has 0 radical (unpaired) electrons. The van der Waals surface area contributed by atoms with Crippen LogP contribution in [0.1, 0.15) is 18.2 Å². The number of amides is 2. The first-order valence-corrected chi connectivity index (χ1v) is 8.59. The molecular formula is C19H20N4O3. The van der Waals surface area contributed by atoms with Gasteiger partial charge in [0.15, 0.2) is 0 Å². The molecule has 1 fully saturated rings. The van der Waals surface area contributed by atoms with Crippen LogP contribution in [-0.2, 0) is 22.5 Å². The summed E-state index contributed by atoms with van der Waals surface area (Å²) in [5.74, 6) is -0.134. The molecule has 1 aromatic carbocycles. The molecule has 0 aliphatic carbocycles. The van der Waals surface area contributed by atoms with Crippen LogP contribution in [0.15, 0.2) is 36.5 Å². The average molecular weight is 352 g/mol. The summed E-state index contributed by atoms with van der Waals surface area (Å²) in [5, 5.41) is 2.73. The number of cyclic esters (lactones) is 1. The summed E-state index contributed by atoms with van der Waals surface area (Å²) in [6, 6.07) is 9.85. The lowest BCUT2D eigenvalue weighted by Gasteiger charge is -2.16. The third-order valence-electron chi connectivity index (χ3n) is 4.90. The van der Waals surface area contributed by atoms with E-state index in [1.54, 1.807) is 4.90 Å². The summed E-state index contributed by atoms with van der Waals surface area (Å²) in [6.07, 6.45) is 1.82. The Hall–Kier alpha value is -2.93. The molecule has 1 aromatic heterocycles. The molecule has 2 unspecified atom stereocenters. The molecule has 0 saturated carbocycles. The van der Waals surface area contributed by atoms with Gasteiger partial charge in [0.05, 0.1) is 24.0 Å². The highest BCUT2D eigenvalue weighted by molar-refractivity contribution is 5.94. The molecule has 0 bridgehead atoms. The van der Waals surface area contributed by atoms with Gasteiger partial charge in [-0.3, -0.25) is 14.7 Å². The van der Waals surface area contributed by atoms with E-state index in [2.05, 4.69) is 16.4 Å². The highest BCUT2D eigenvalue weighted by atomic mass is 16.6. The van der Waals surface area contributed by atoms with Crippen LogP contribution in [0.5, 0.6) is 0 Å². The summed E-state index contributed by atoms with van der Waals surface area (Å²) in [4.78, 5) is 29.5. The predicted octanol–water partition coefficient (Wildman–Crippen LogP) is 1.59. The number of rotatable bonds is 4. The molecule has 2 aliphatic rings. The Kier molecular flexibility index (Phi) is 4.08. The molecule has 7 heteroatoms. The van der Waals surface area contributed by atoms with Crippen molar-refractivity contribution in [2.24, 2.45) is 5.73 Å². The van der Waals surface area contributed by atoms with E-state index < -0.39 is 0 Å². The van der Waals surface area contributed by atoms with E-state index in [0.717, 1.165) is 28.1 Å². The van der Waals surface area contributed by atoms with E-state index in [1.165, 1.54) is 6.92 Å². The Balaban J connectivity index is 1.59. The van der Waals surface area contributed by atoms with E-state index in [4.69, 9.17) is 10.5 Å². The van der Waals surface area contributed by atoms with Gasteiger partial charge < -0.3 is 15.8 Å². The van der Waals surface area contributed by atoms with Crippen LogP contribution >= 0.6 is 0 Å². The van der Waals surface area contributed by atoms with Crippen molar-refractivity contribution in [2.45, 2.75) is 32.0 Å². The number of pyridine rings is 1. The van der Waals surface area contributed by atoms with Gasteiger partial charge in [-0.15, -0.1) is 0 Å². The van der Waals surface area contributed by atoms with Gasteiger partial charge in [0.1, 0.15) is 6.10 Å². The molecule has 3 N–H and O–H groups in total. The highest BCUT2D eigenvalue weighted by Gasteiger charge is 2.47. The molecule has 1 saturated heterocycles. The molecule has 2 atom stereocenters. The fourth-order valence-corrected chi connectivity index (χ4v) is 3.59. The van der Waals surface area contributed by atoms with Crippen LogP contribution < -0.4 is 16.0 Å². The topological polar surface area (TPSA) is 97.5 Å². The van der Waals surface area contributed by atoms with Crippen LogP contribution in [0.2, 0.25) is 0 Å². The van der Waals surface area contributed by atoms with Crippen LogP contribution in [0.25, 0.3) is 11.1 Å². The minimum atomic E-state index is -0.356. The van der Waals surface area contributed by atoms with Gasteiger partial charge in [0.25, 0.3) is 0 Å². The largest absolute Gasteiger partial charge is 0.442 e. The first kappa shape index (κ1) is 16.5. The number of nitrogens with two attached hydrogens (primary N) is 1. The first-order chi connectivity index (χ1) is 12.6. The standard InChI is InChI=1S/C19H20N4O3/c1-11(24)21-10-18-17-7-14-6-12(13-2-4-15(8-20)22-9-13)3-5-16(14)23(17)19(25)26-18/h2-6,9,17-18H,7-8,10,20H2,1H3,(H,21,24). The lowest BCUT2D eigenvalue weighted by Crippen LogP contribution is -2.40. The Morgan fingerprint density at radius 1 is 1.35 bits per heavy atom. The molecule has 2 aliphatic heterocycles. The number of ether oxygens (including phenoxy) is 1. The fraction of sp³-hybridized carbons (Fsp3) is 0.316. The van der Waals surface area contributed by atoms with Crippen molar-refractivity contribution in [2.75, 3.05) is 11.4 Å². The number of nitrogens with one attached hydrogen (secondary N) is 1. The molecule has 0 spiro atoms. The van der Waals surface area contributed by atoms with Crippen molar-refractivity contribution in [3.05, 3.63) is 47.8 Å². The summed E-state index contributed by atoms with van der Waals surface area (Å²) in [7, 11) is 0. The maximum absolute atomic E-state index is 12.3. The van der Waals surface area contributed by atoms with Gasteiger partial charge in [-0.25, -0.2) is 4.79 Å². The Bertz CT molecular complexity index is 866. The van der Waals surface area contributed by atoms with Gasteiger partial charge in [0.2, 0.25) is 5.91 Å². The molecule has 2 amide bonds. The average Bonchev–Trinajstić information content (AvgIpc) is 3.17. The minimum Gasteiger partial charge on any atom is -0.442 e. The second-order valence-electron chi connectivity index (χ2n) is 6.59. The SMILES string of the molecule is CC(=O)NCC1OC(=O)N2c3ccc(-c4ccc(CN)nc4)cc3CC12. The zero-order valence-electron chi connectivity index (χ0n) is 14.4. The minimum absolute atomic E-state index is 0.0858. The summed E-state index contributed by atoms with van der Waals surface area (Å²) in [6.45, 7) is 2.20. The van der Waals surface area contributed by atoms with Crippen LogP contribution in [0, 0.1) is 0 Å². The summed E-state index contributed by atoms with van der Waals surface area (Å²) < 4.78 is 5.43. The smallest absolute Gasteiger partial charge is 0.415 e. The van der Waals surface area contributed by atoms with E-state index in [9.17, 15) is 9.59 Å². The molecule has 3 heterocycles. The van der Waals surface area contributed by atoms with Crippen molar-refractivity contribution >= 4 is 17.7 Å². The van der Waals surface area contributed by atoms with E-state index >= 15 is 0 Å². The maximum Gasteiger partial charge on any atom is 0.415 e. The molecule has 26 heavy (non-hydrogen) atoms. The van der Waals surface area contributed by atoms with Gasteiger partial charge in [-0.1, -0.05) is 12.1 Å². The van der Waals surface area contributed by atoms with Gasteiger partial charge >= 0.3 is 6.09 Å². The van der Waals surface area contributed by atoms with E-state index in [-0.39, 0.29) is 24.1 Å². The monoisotopic (exact) mass is 352 g/mol. The molecule has 4 rings (SSSR count). The molecule has 134 valence electrons. The van der Waals surface area contributed by atoms with Crippen LogP contribution in [0.3, 0.4) is 0 Å². The third-order valence-corrected chi connectivity index (χ3v) is 4.90. The van der Waals surface area contributed by atoms with Crippen LogP contribution in [-0.4, -0.2) is 35.7 Å². The molecular weight excluding hydrogens is 332 g/mol. The van der Waals surface area contributed by atoms with Gasteiger partial charge in [-0.05, 0) is 35.7 Å². The quantitative estimate of drug-likeness (QED) is 0.871. The number of aromatic nitrogens is 1. The number of hydrogen-bond acceptors (Lipinski definition) is 5. The zero-order chi connectivity index (χ0) is 18.3. The number of benzene rings is 1. The third kappa shape index (κ3) is 2.80. The maximum atomic E-state index is 12.3. The number of fused-ring (bicyclic) bond motifs is 3. The van der Waals surface area contributed by atoms with Crippen molar-refractivity contribution in [1.29, 1.82) is 0 Å². The normalized spacial score (nSPS) is 20.5. The van der Waals surface area contributed by atoms with Crippen LogP contribution in [0.4, 0.5) is 10.5 Å². The lowest BCUT2D eigenvalue weighted by atomic mass is 10.0. The predicted molar refractivity (Wildman–Crippen MR) is 96.5 cm³/mol. The number of carbonyl (C=O) groups is 2. The summed E-state index contributed by atoms with van der Waals surface area (Å²) in [5.41, 5.74) is 10.5. The number of carbonyl (C=O) groups excluding carboxylic acids is 2. The molecule has 2 aromatic rings. The second-order valence-corrected chi connectivity index (χ2v) is 6.59. The second kappa shape index (κ2) is 6.42. The number of nitrogens with zero attached hydrogens (tertiary/aromatic N) is 2. The van der Waals surface area contributed by atoms with Crippen molar-refractivity contribution in [3.63, 3.8) is 0 Å². The Morgan fingerprint density at radius 2 is 2.15 bits per heavy atom. The first-order valence-electron chi connectivity index (χ1n) is 8.59. The van der Waals surface area contributed by atoms with Gasteiger partial charge in [-0.2, -0.15) is 0 Å². The summed E-state index contributed by atoms with van der Waals surface area (Å²) >= 11 is 0. The number of hydrogen-bond donors (Lipinski definition) is 2. The van der Waals surface area contributed by atoms with Crippen molar-refractivity contribution in [1.82, 2.24) is 10.3 Å². The fourth-order valence-electron chi connectivity index (χ4n) is 3.59. The van der Waals surface area contributed by atoms with Crippen molar-refractivity contribution in [3.8, 4) is 11.1 Å². The van der Waals surface area contributed by atoms with E-state index in [1.807, 2.05) is 30.5 Å². The molecule has 7 nitrogen and oxygen atoms in total.